The number of rotatable bonds is 3. The Morgan fingerprint density at radius 3 is 2.37 bits per heavy atom. The average molecular weight is 265 g/mol. The monoisotopic (exact) mass is 265 g/mol. The fraction of sp³-hybridized carbons (Fsp3) is 0.625. The lowest BCUT2D eigenvalue weighted by molar-refractivity contribution is 0.105. The molecule has 0 amide bonds. The van der Waals surface area contributed by atoms with Gasteiger partial charge in [-0.2, -0.15) is 0 Å². The van der Waals surface area contributed by atoms with Crippen LogP contribution in [0.2, 0.25) is 0 Å². The van der Waals surface area contributed by atoms with E-state index in [-0.39, 0.29) is 23.4 Å². The first-order chi connectivity index (χ1) is 8.88. The van der Waals surface area contributed by atoms with Crippen molar-refractivity contribution in [2.24, 2.45) is 5.41 Å². The predicted octanol–water partition coefficient (Wildman–Crippen LogP) is 3.68. The van der Waals surface area contributed by atoms with E-state index in [2.05, 4.69) is 33.0 Å². The Labute approximate surface area is 115 Å². The molecule has 19 heavy (non-hydrogen) atoms. The summed E-state index contributed by atoms with van der Waals surface area (Å²) in [6.45, 7) is 9.53. The van der Waals surface area contributed by atoms with Gasteiger partial charge in [-0.15, -0.1) is 0 Å². The van der Waals surface area contributed by atoms with Crippen LogP contribution in [0.15, 0.2) is 24.3 Å². The van der Waals surface area contributed by atoms with Crippen LogP contribution < -0.4 is 5.32 Å². The highest BCUT2D eigenvalue weighted by Gasteiger charge is 2.32. The fourth-order valence-electron chi connectivity index (χ4n) is 2.67. The molecule has 1 aliphatic rings. The number of halogens is 1. The smallest absolute Gasteiger partial charge is 0.123 e. The van der Waals surface area contributed by atoms with Crippen molar-refractivity contribution in [3.63, 3.8) is 0 Å². The maximum atomic E-state index is 13.1. The zero-order valence-electron chi connectivity index (χ0n) is 12.2. The van der Waals surface area contributed by atoms with Crippen LogP contribution in [0.3, 0.4) is 0 Å². The van der Waals surface area contributed by atoms with Crippen molar-refractivity contribution in [1.29, 1.82) is 0 Å². The van der Waals surface area contributed by atoms with Gasteiger partial charge in [0.2, 0.25) is 0 Å². The third kappa shape index (κ3) is 3.54. The Hall–Kier alpha value is -0.930. The van der Waals surface area contributed by atoms with Gasteiger partial charge in [-0.25, -0.2) is 4.39 Å². The summed E-state index contributed by atoms with van der Waals surface area (Å²) in [6.07, 6.45) is 1.28. The van der Waals surface area contributed by atoms with E-state index >= 15 is 0 Å². The number of hydrogen-bond donors (Lipinski definition) is 1. The molecule has 1 fully saturated rings. The minimum absolute atomic E-state index is 0.0696. The van der Waals surface area contributed by atoms with Crippen molar-refractivity contribution < 1.29 is 9.13 Å². The molecule has 1 aliphatic heterocycles. The van der Waals surface area contributed by atoms with Crippen molar-refractivity contribution in [3.8, 4) is 0 Å². The first kappa shape index (κ1) is 14.5. The van der Waals surface area contributed by atoms with Gasteiger partial charge in [0.1, 0.15) is 5.82 Å². The number of benzene rings is 1. The van der Waals surface area contributed by atoms with Crippen molar-refractivity contribution >= 4 is 0 Å². The van der Waals surface area contributed by atoms with Crippen molar-refractivity contribution in [2.45, 2.75) is 52.3 Å². The van der Waals surface area contributed by atoms with Gasteiger partial charge in [0.05, 0.1) is 6.10 Å². The lowest BCUT2D eigenvalue weighted by Gasteiger charge is -2.35. The quantitative estimate of drug-likeness (QED) is 0.900. The Morgan fingerprint density at radius 2 is 1.89 bits per heavy atom. The molecule has 1 N–H and O–H groups in total. The van der Waals surface area contributed by atoms with Crippen LogP contribution in [0.5, 0.6) is 0 Å². The van der Waals surface area contributed by atoms with E-state index in [1.807, 2.05) is 12.1 Å². The van der Waals surface area contributed by atoms with Crippen LogP contribution in [-0.2, 0) is 4.74 Å². The van der Waals surface area contributed by atoms with E-state index in [1.165, 1.54) is 12.1 Å². The molecular weight excluding hydrogens is 241 g/mol. The van der Waals surface area contributed by atoms with Gasteiger partial charge < -0.3 is 10.1 Å². The van der Waals surface area contributed by atoms with E-state index in [1.54, 1.807) is 0 Å². The molecule has 0 saturated carbocycles. The third-order valence-electron chi connectivity index (χ3n) is 3.83. The average Bonchev–Trinajstić information content (AvgIpc) is 2.72. The Balaban J connectivity index is 2.19. The molecule has 2 rings (SSSR count). The molecule has 1 heterocycles. The summed E-state index contributed by atoms with van der Waals surface area (Å²) < 4.78 is 18.7. The predicted molar refractivity (Wildman–Crippen MR) is 75.6 cm³/mol. The lowest BCUT2D eigenvalue weighted by atomic mass is 9.81. The van der Waals surface area contributed by atoms with Gasteiger partial charge in [-0.05, 0) is 36.5 Å². The van der Waals surface area contributed by atoms with Crippen LogP contribution in [0, 0.1) is 11.2 Å². The second-order valence-electron chi connectivity index (χ2n) is 6.49. The minimum Gasteiger partial charge on any atom is -0.377 e. The maximum Gasteiger partial charge on any atom is 0.123 e. The largest absolute Gasteiger partial charge is 0.377 e. The van der Waals surface area contributed by atoms with E-state index in [0.717, 1.165) is 18.6 Å². The topological polar surface area (TPSA) is 21.3 Å². The molecule has 0 aromatic heterocycles. The van der Waals surface area contributed by atoms with E-state index in [4.69, 9.17) is 4.74 Å². The number of hydrogen-bond acceptors (Lipinski definition) is 2. The van der Waals surface area contributed by atoms with Crippen molar-refractivity contribution in [3.05, 3.63) is 35.6 Å². The molecule has 1 aromatic rings. The minimum atomic E-state index is -0.186. The summed E-state index contributed by atoms with van der Waals surface area (Å²) in [4.78, 5) is 0. The zero-order chi connectivity index (χ0) is 14.0. The molecule has 1 saturated heterocycles. The summed E-state index contributed by atoms with van der Waals surface area (Å²) in [5.74, 6) is -0.186. The standard InChI is InChI=1S/C16H24FNO/c1-11-14(9-10-19-11)18-15(16(2,3)4)12-5-7-13(17)8-6-12/h5-8,11,14-15,18H,9-10H2,1-4H3. The fourth-order valence-corrected chi connectivity index (χ4v) is 2.67. The zero-order valence-corrected chi connectivity index (χ0v) is 12.2. The van der Waals surface area contributed by atoms with Crippen LogP contribution in [0.4, 0.5) is 4.39 Å². The van der Waals surface area contributed by atoms with E-state index < -0.39 is 0 Å². The van der Waals surface area contributed by atoms with Gasteiger partial charge in [0.25, 0.3) is 0 Å². The molecule has 0 bridgehead atoms. The van der Waals surface area contributed by atoms with Crippen LogP contribution in [0.25, 0.3) is 0 Å². The number of nitrogens with one attached hydrogen (secondary N) is 1. The SMILES string of the molecule is CC1OCCC1NC(c1ccc(F)cc1)C(C)(C)C. The molecular formula is C16H24FNO. The van der Waals surface area contributed by atoms with Crippen molar-refractivity contribution in [2.75, 3.05) is 6.61 Å². The van der Waals surface area contributed by atoms with Gasteiger partial charge in [0.15, 0.2) is 0 Å². The van der Waals surface area contributed by atoms with Crippen LogP contribution >= 0.6 is 0 Å². The van der Waals surface area contributed by atoms with Crippen LogP contribution in [0.1, 0.15) is 45.7 Å². The second kappa shape index (κ2) is 5.59. The number of ether oxygens (including phenoxy) is 1. The molecule has 0 radical (unpaired) electrons. The molecule has 0 aliphatic carbocycles. The highest BCUT2D eigenvalue weighted by molar-refractivity contribution is 5.22. The molecule has 106 valence electrons. The summed E-state index contributed by atoms with van der Waals surface area (Å²) in [5, 5.41) is 3.69. The van der Waals surface area contributed by atoms with Gasteiger partial charge in [-0.1, -0.05) is 32.9 Å². The van der Waals surface area contributed by atoms with Crippen molar-refractivity contribution in [1.82, 2.24) is 5.32 Å². The molecule has 3 heteroatoms. The van der Waals surface area contributed by atoms with E-state index in [0.29, 0.717) is 6.04 Å². The van der Waals surface area contributed by atoms with E-state index in [9.17, 15) is 4.39 Å². The normalized spacial score (nSPS) is 25.5. The molecule has 0 spiro atoms. The van der Waals surface area contributed by atoms with Gasteiger partial charge >= 0.3 is 0 Å². The maximum absolute atomic E-state index is 13.1. The van der Waals surface area contributed by atoms with Gasteiger partial charge in [0, 0.05) is 18.7 Å². The molecule has 2 nitrogen and oxygen atoms in total. The summed E-state index contributed by atoms with van der Waals surface area (Å²) in [5.41, 5.74) is 1.20. The van der Waals surface area contributed by atoms with Crippen LogP contribution in [-0.4, -0.2) is 18.8 Å². The Kier molecular flexibility index (Phi) is 4.26. The summed E-state index contributed by atoms with van der Waals surface area (Å²) in [6, 6.07) is 7.38. The first-order valence-electron chi connectivity index (χ1n) is 7.01. The molecule has 1 aromatic carbocycles. The Morgan fingerprint density at radius 1 is 1.26 bits per heavy atom. The highest BCUT2D eigenvalue weighted by atomic mass is 19.1. The molecule has 3 unspecified atom stereocenters. The highest BCUT2D eigenvalue weighted by Crippen LogP contribution is 2.34. The summed E-state index contributed by atoms with van der Waals surface area (Å²) in [7, 11) is 0. The Bertz CT molecular complexity index is 410. The van der Waals surface area contributed by atoms with Gasteiger partial charge in [-0.3, -0.25) is 0 Å². The third-order valence-corrected chi connectivity index (χ3v) is 3.83. The summed E-state index contributed by atoms with van der Waals surface area (Å²) >= 11 is 0. The lowest BCUT2D eigenvalue weighted by Crippen LogP contribution is -2.42. The first-order valence-corrected chi connectivity index (χ1v) is 7.01. The second-order valence-corrected chi connectivity index (χ2v) is 6.49. The molecule has 3 atom stereocenters.